The van der Waals surface area contributed by atoms with Crippen molar-refractivity contribution in [2.75, 3.05) is 27.8 Å². The molecule has 5 heteroatoms. The molecule has 1 aromatic carbocycles. The normalized spacial score (nSPS) is 39.3. The smallest absolute Gasteiger partial charge is 0.237 e. The number of ether oxygens (including phenoxy) is 3. The third-order valence-electron chi connectivity index (χ3n) is 6.91. The molecule has 0 aromatic heterocycles. The first kappa shape index (κ1) is 15.0. The molecule has 2 aliphatic carbocycles. The molecule has 24 heavy (non-hydrogen) atoms. The Morgan fingerprint density at radius 2 is 2.21 bits per heavy atom. The van der Waals surface area contributed by atoms with Gasteiger partial charge in [0.2, 0.25) is 5.79 Å². The van der Waals surface area contributed by atoms with E-state index in [9.17, 15) is 5.11 Å². The third kappa shape index (κ3) is 1.61. The number of hydrogen-bond acceptors (Lipinski definition) is 5. The van der Waals surface area contributed by atoms with E-state index >= 15 is 0 Å². The van der Waals surface area contributed by atoms with Crippen molar-refractivity contribution in [1.29, 1.82) is 0 Å². The summed E-state index contributed by atoms with van der Waals surface area (Å²) in [6, 6.07) is 2.59. The van der Waals surface area contributed by atoms with Gasteiger partial charge >= 0.3 is 0 Å². The van der Waals surface area contributed by atoms with Crippen LogP contribution in [0.5, 0.6) is 11.5 Å². The summed E-state index contributed by atoms with van der Waals surface area (Å²) in [7, 11) is 5.56. The summed E-state index contributed by atoms with van der Waals surface area (Å²) in [5.74, 6) is 0.646. The van der Waals surface area contributed by atoms with E-state index in [1.54, 1.807) is 14.2 Å². The third-order valence-corrected chi connectivity index (χ3v) is 6.91. The van der Waals surface area contributed by atoms with Crippen LogP contribution >= 0.6 is 0 Å². The lowest BCUT2D eigenvalue weighted by Gasteiger charge is -2.52. The highest BCUT2D eigenvalue weighted by atomic mass is 16.7. The second-order valence-corrected chi connectivity index (χ2v) is 7.94. The summed E-state index contributed by atoms with van der Waals surface area (Å²) in [5.41, 5.74) is 4.24. The molecule has 4 aliphatic rings. The van der Waals surface area contributed by atoms with E-state index in [0.717, 1.165) is 50.1 Å². The van der Waals surface area contributed by atoms with Gasteiger partial charge in [0.15, 0.2) is 11.5 Å². The second kappa shape index (κ2) is 4.65. The van der Waals surface area contributed by atoms with Crippen LogP contribution in [0.4, 0.5) is 0 Å². The number of hydrogen-bond donors (Lipinski definition) is 1. The van der Waals surface area contributed by atoms with Gasteiger partial charge in [0.1, 0.15) is 6.10 Å². The van der Waals surface area contributed by atoms with Crippen molar-refractivity contribution in [1.82, 2.24) is 4.90 Å². The van der Waals surface area contributed by atoms with E-state index in [2.05, 4.69) is 18.0 Å². The van der Waals surface area contributed by atoms with E-state index in [-0.39, 0.29) is 5.41 Å². The average Bonchev–Trinajstić information content (AvgIpc) is 2.94. The molecule has 2 heterocycles. The number of aliphatic hydroxyl groups excluding tert-OH is 1. The number of methoxy groups -OCH3 is 2. The van der Waals surface area contributed by atoms with Gasteiger partial charge in [-0.25, -0.2) is 0 Å². The molecular weight excluding hydrogens is 306 g/mol. The Morgan fingerprint density at radius 1 is 1.38 bits per heavy atom. The first-order chi connectivity index (χ1) is 11.5. The molecule has 5 rings (SSSR count). The van der Waals surface area contributed by atoms with E-state index in [1.807, 2.05) is 0 Å². The molecule has 0 unspecified atom stereocenters. The van der Waals surface area contributed by atoms with E-state index in [4.69, 9.17) is 14.2 Å². The van der Waals surface area contributed by atoms with E-state index < -0.39 is 11.9 Å². The van der Waals surface area contributed by atoms with Gasteiger partial charge in [-0.1, -0.05) is 0 Å². The van der Waals surface area contributed by atoms with Crippen LogP contribution in [0, 0.1) is 0 Å². The minimum atomic E-state index is -0.946. The van der Waals surface area contributed by atoms with Gasteiger partial charge in [-0.05, 0) is 49.9 Å². The lowest BCUT2D eigenvalue weighted by atomic mass is 9.65. The van der Waals surface area contributed by atoms with Gasteiger partial charge in [-0.15, -0.1) is 0 Å². The molecule has 0 radical (unpaired) electrons. The van der Waals surface area contributed by atoms with Crippen LogP contribution < -0.4 is 9.47 Å². The predicted molar refractivity (Wildman–Crippen MR) is 88.6 cm³/mol. The fraction of sp³-hybridized carbons (Fsp3) is 0.684. The van der Waals surface area contributed by atoms with Crippen LogP contribution in [0.2, 0.25) is 0 Å². The first-order valence-electron chi connectivity index (χ1n) is 8.90. The number of nitrogens with zero attached hydrogens (tertiary/aromatic N) is 1. The number of rotatable bonds is 2. The maximum atomic E-state index is 10.6. The van der Waals surface area contributed by atoms with Crippen LogP contribution in [-0.2, 0) is 16.6 Å². The molecule has 1 fully saturated rings. The van der Waals surface area contributed by atoms with Crippen LogP contribution in [0.15, 0.2) is 6.07 Å². The predicted octanol–water partition coefficient (Wildman–Crippen LogP) is 2.15. The second-order valence-electron chi connectivity index (χ2n) is 7.94. The molecule has 1 spiro atoms. The highest BCUT2D eigenvalue weighted by molar-refractivity contribution is 5.63. The minimum Gasteiger partial charge on any atom is -0.493 e. The van der Waals surface area contributed by atoms with Crippen LogP contribution in [0.25, 0.3) is 0 Å². The van der Waals surface area contributed by atoms with Gasteiger partial charge < -0.3 is 19.3 Å². The largest absolute Gasteiger partial charge is 0.493 e. The quantitative estimate of drug-likeness (QED) is 0.900. The SMILES string of the molecule is COc1cc2c3c4c1O[C@]1(OC)C[C@]4(CC[C@H]1O)C[C@@H]3N(C)CC2. The van der Waals surface area contributed by atoms with Gasteiger partial charge in [0.25, 0.3) is 0 Å². The highest BCUT2D eigenvalue weighted by Crippen LogP contribution is 2.65. The lowest BCUT2D eigenvalue weighted by molar-refractivity contribution is -0.260. The molecule has 4 atom stereocenters. The Bertz CT molecular complexity index is 720. The molecule has 0 amide bonds. The summed E-state index contributed by atoms with van der Waals surface area (Å²) in [6.45, 7) is 1.08. The maximum Gasteiger partial charge on any atom is 0.237 e. The van der Waals surface area contributed by atoms with Gasteiger partial charge in [-0.3, -0.25) is 4.90 Å². The van der Waals surface area contributed by atoms with E-state index in [0.29, 0.717) is 6.04 Å². The minimum absolute atomic E-state index is 0.0325. The number of fused-ring (bicyclic) bond motifs is 1. The molecule has 1 N–H and O–H groups in total. The van der Waals surface area contributed by atoms with Crippen molar-refractivity contribution in [2.24, 2.45) is 0 Å². The van der Waals surface area contributed by atoms with E-state index in [1.165, 1.54) is 16.7 Å². The molecule has 130 valence electrons. The fourth-order valence-electron chi connectivity index (χ4n) is 5.70. The van der Waals surface area contributed by atoms with Crippen molar-refractivity contribution < 1.29 is 19.3 Å². The van der Waals surface area contributed by atoms with Gasteiger partial charge in [0.05, 0.1) is 7.11 Å². The molecule has 2 bridgehead atoms. The molecule has 1 saturated carbocycles. The maximum absolute atomic E-state index is 10.6. The monoisotopic (exact) mass is 331 g/mol. The number of likely N-dealkylation sites (N-methyl/N-ethyl adjacent to an activating group) is 1. The lowest BCUT2D eigenvalue weighted by Crippen LogP contribution is -2.59. The van der Waals surface area contributed by atoms with Gasteiger partial charge in [0, 0.05) is 37.1 Å². The summed E-state index contributed by atoms with van der Waals surface area (Å²) in [4.78, 5) is 2.47. The standard InChI is InChI=1S/C19H25NO4/c1-20-7-5-11-8-13(22-2)17-16-15(11)12(20)9-18(16)6-4-14(21)19(10-18,23-3)24-17/h8,12,14,21H,4-7,9-10H2,1-3H3/t12-,14+,18-,19+/m0/s1. The van der Waals surface area contributed by atoms with Crippen LogP contribution in [-0.4, -0.2) is 49.7 Å². The highest BCUT2D eigenvalue weighted by Gasteiger charge is 2.62. The zero-order chi connectivity index (χ0) is 16.7. The first-order valence-corrected chi connectivity index (χ1v) is 8.90. The number of aliphatic hydroxyl groups is 1. The van der Waals surface area contributed by atoms with Crippen molar-refractivity contribution >= 4 is 0 Å². The summed E-state index contributed by atoms with van der Waals surface area (Å²) < 4.78 is 17.8. The Balaban J connectivity index is 1.80. The fourth-order valence-corrected chi connectivity index (χ4v) is 5.70. The van der Waals surface area contributed by atoms with Crippen molar-refractivity contribution in [3.8, 4) is 11.5 Å². The average molecular weight is 331 g/mol. The van der Waals surface area contributed by atoms with Crippen LogP contribution in [0.1, 0.15) is 48.4 Å². The number of benzene rings is 1. The molecule has 2 aliphatic heterocycles. The molecule has 0 saturated heterocycles. The van der Waals surface area contributed by atoms with Crippen molar-refractivity contribution in [3.05, 3.63) is 22.8 Å². The molecule has 5 nitrogen and oxygen atoms in total. The van der Waals surface area contributed by atoms with Gasteiger partial charge in [-0.2, -0.15) is 0 Å². The topological polar surface area (TPSA) is 51.2 Å². The summed E-state index contributed by atoms with van der Waals surface area (Å²) >= 11 is 0. The summed E-state index contributed by atoms with van der Waals surface area (Å²) in [6.07, 6.45) is 3.98. The van der Waals surface area contributed by atoms with Crippen LogP contribution in [0.3, 0.4) is 0 Å². The zero-order valence-electron chi connectivity index (χ0n) is 14.6. The Hall–Kier alpha value is -1.30. The van der Waals surface area contributed by atoms with Crippen molar-refractivity contribution in [3.63, 3.8) is 0 Å². The Kier molecular flexibility index (Phi) is 2.91. The molecule has 1 aromatic rings. The zero-order valence-corrected chi connectivity index (χ0v) is 14.6. The molecular formula is C19H25NO4. The Morgan fingerprint density at radius 3 is 2.96 bits per heavy atom. The van der Waals surface area contributed by atoms with Crippen molar-refractivity contribution in [2.45, 2.75) is 55.5 Å². The summed E-state index contributed by atoms with van der Waals surface area (Å²) in [5, 5.41) is 10.6. The Labute approximate surface area is 142 Å².